The third kappa shape index (κ3) is 3.95. The molecule has 1 aliphatic rings. The summed E-state index contributed by atoms with van der Waals surface area (Å²) >= 11 is 0. The summed E-state index contributed by atoms with van der Waals surface area (Å²) in [4.78, 5) is 2.51. The molecule has 0 spiro atoms. The van der Waals surface area contributed by atoms with Crippen molar-refractivity contribution in [3.63, 3.8) is 0 Å². The smallest absolute Gasteiger partial charge is 0.120 e. The first-order valence-electron chi connectivity index (χ1n) is 7.41. The summed E-state index contributed by atoms with van der Waals surface area (Å²) < 4.78 is 0. The van der Waals surface area contributed by atoms with E-state index < -0.39 is 0 Å². The highest BCUT2D eigenvalue weighted by Crippen LogP contribution is 2.33. The zero-order valence-corrected chi connectivity index (χ0v) is 12.1. The normalized spacial score (nSPS) is 18.7. The number of piperazine rings is 1. The van der Waals surface area contributed by atoms with Gasteiger partial charge in [-0.2, -0.15) is 0 Å². The minimum atomic E-state index is 0.352. The van der Waals surface area contributed by atoms with Crippen molar-refractivity contribution in [2.75, 3.05) is 26.2 Å². The first-order chi connectivity index (χ1) is 9.18. The number of rotatable bonds is 5. The van der Waals surface area contributed by atoms with E-state index in [1.54, 1.807) is 6.07 Å². The van der Waals surface area contributed by atoms with Crippen LogP contribution in [0.25, 0.3) is 0 Å². The van der Waals surface area contributed by atoms with Gasteiger partial charge in [-0.1, -0.05) is 32.0 Å². The highest BCUT2D eigenvalue weighted by atomic mass is 16.3. The molecule has 1 saturated heterocycles. The molecule has 0 radical (unpaired) electrons. The summed E-state index contributed by atoms with van der Waals surface area (Å²) in [6.07, 6.45) is 2.32. The van der Waals surface area contributed by atoms with Gasteiger partial charge in [0.05, 0.1) is 0 Å². The lowest BCUT2D eigenvalue weighted by molar-refractivity contribution is 0.157. The van der Waals surface area contributed by atoms with E-state index in [-0.39, 0.29) is 0 Å². The van der Waals surface area contributed by atoms with Crippen molar-refractivity contribution in [3.05, 3.63) is 29.8 Å². The molecule has 0 unspecified atom stereocenters. The fourth-order valence-corrected chi connectivity index (χ4v) is 2.79. The predicted molar refractivity (Wildman–Crippen MR) is 79.4 cm³/mol. The van der Waals surface area contributed by atoms with Crippen molar-refractivity contribution in [1.82, 2.24) is 10.2 Å². The van der Waals surface area contributed by atoms with E-state index in [1.807, 2.05) is 12.1 Å². The number of benzene rings is 1. The molecule has 1 aromatic carbocycles. The second-order valence-electron chi connectivity index (χ2n) is 5.83. The number of phenolic OH excluding ortho intramolecular Hbond substituents is 1. The first-order valence-corrected chi connectivity index (χ1v) is 7.41. The number of para-hydroxylation sites is 1. The van der Waals surface area contributed by atoms with Crippen LogP contribution in [0.5, 0.6) is 5.75 Å². The zero-order valence-electron chi connectivity index (χ0n) is 12.1. The van der Waals surface area contributed by atoms with Gasteiger partial charge < -0.3 is 10.4 Å². The Morgan fingerprint density at radius 2 is 1.84 bits per heavy atom. The number of nitrogens with one attached hydrogen (secondary N) is 1. The SMILES string of the molecule is CC(C)CC[C@H](c1ccccc1O)N1CCNCC1. The molecule has 2 N–H and O–H groups in total. The number of phenols is 1. The van der Waals surface area contributed by atoms with Crippen LogP contribution in [-0.4, -0.2) is 36.2 Å². The van der Waals surface area contributed by atoms with Crippen molar-refractivity contribution in [3.8, 4) is 5.75 Å². The van der Waals surface area contributed by atoms with Crippen molar-refractivity contribution < 1.29 is 5.11 Å². The maximum absolute atomic E-state index is 10.1. The Morgan fingerprint density at radius 3 is 2.47 bits per heavy atom. The van der Waals surface area contributed by atoms with Gasteiger partial charge in [-0.05, 0) is 24.8 Å². The van der Waals surface area contributed by atoms with Crippen LogP contribution >= 0.6 is 0 Å². The minimum Gasteiger partial charge on any atom is -0.508 e. The van der Waals surface area contributed by atoms with Gasteiger partial charge in [-0.25, -0.2) is 0 Å². The molecule has 0 amide bonds. The van der Waals surface area contributed by atoms with E-state index in [1.165, 1.54) is 6.42 Å². The topological polar surface area (TPSA) is 35.5 Å². The second-order valence-corrected chi connectivity index (χ2v) is 5.83. The number of hydrogen-bond donors (Lipinski definition) is 2. The molecule has 0 saturated carbocycles. The lowest BCUT2D eigenvalue weighted by Crippen LogP contribution is -2.45. The Hall–Kier alpha value is -1.06. The molecule has 2 rings (SSSR count). The van der Waals surface area contributed by atoms with Crippen LogP contribution in [0.2, 0.25) is 0 Å². The van der Waals surface area contributed by atoms with E-state index in [2.05, 4.69) is 30.1 Å². The monoisotopic (exact) mass is 262 g/mol. The average molecular weight is 262 g/mol. The largest absolute Gasteiger partial charge is 0.508 e. The van der Waals surface area contributed by atoms with Gasteiger partial charge in [0, 0.05) is 37.8 Å². The average Bonchev–Trinajstić information content (AvgIpc) is 2.42. The Balaban J connectivity index is 2.15. The second kappa shape index (κ2) is 6.92. The van der Waals surface area contributed by atoms with Gasteiger partial charge in [-0.15, -0.1) is 0 Å². The summed E-state index contributed by atoms with van der Waals surface area (Å²) in [6.45, 7) is 8.76. The highest BCUT2D eigenvalue weighted by Gasteiger charge is 2.24. The molecule has 19 heavy (non-hydrogen) atoms. The summed E-state index contributed by atoms with van der Waals surface area (Å²) in [5.41, 5.74) is 1.09. The van der Waals surface area contributed by atoms with Crippen LogP contribution in [0.15, 0.2) is 24.3 Å². The molecule has 0 aromatic heterocycles. The maximum Gasteiger partial charge on any atom is 0.120 e. The molecule has 1 aliphatic heterocycles. The molecule has 1 heterocycles. The van der Waals surface area contributed by atoms with E-state index in [0.29, 0.717) is 17.7 Å². The fraction of sp³-hybridized carbons (Fsp3) is 0.625. The van der Waals surface area contributed by atoms with Gasteiger partial charge in [-0.3, -0.25) is 4.90 Å². The summed E-state index contributed by atoms with van der Waals surface area (Å²) in [5, 5.41) is 13.5. The quantitative estimate of drug-likeness (QED) is 0.856. The van der Waals surface area contributed by atoms with E-state index >= 15 is 0 Å². The van der Waals surface area contributed by atoms with Crippen molar-refractivity contribution in [1.29, 1.82) is 0 Å². The Labute approximate surface area is 116 Å². The number of nitrogens with zero attached hydrogens (tertiary/aromatic N) is 1. The van der Waals surface area contributed by atoms with Gasteiger partial charge >= 0.3 is 0 Å². The summed E-state index contributed by atoms with van der Waals surface area (Å²) in [5.74, 6) is 1.14. The molecule has 3 heteroatoms. The molecule has 0 aliphatic carbocycles. The first kappa shape index (κ1) is 14.4. The summed E-state index contributed by atoms with van der Waals surface area (Å²) in [6, 6.07) is 8.16. The van der Waals surface area contributed by atoms with Gasteiger partial charge in [0.25, 0.3) is 0 Å². The van der Waals surface area contributed by atoms with Gasteiger partial charge in [0.15, 0.2) is 0 Å². The third-order valence-electron chi connectivity index (χ3n) is 3.91. The van der Waals surface area contributed by atoms with Crippen LogP contribution in [0.1, 0.15) is 38.3 Å². The maximum atomic E-state index is 10.1. The molecule has 0 bridgehead atoms. The zero-order chi connectivity index (χ0) is 13.7. The minimum absolute atomic E-state index is 0.352. The van der Waals surface area contributed by atoms with Crippen molar-refractivity contribution in [2.45, 2.75) is 32.7 Å². The Kier molecular flexibility index (Phi) is 5.23. The van der Waals surface area contributed by atoms with Crippen molar-refractivity contribution >= 4 is 0 Å². The van der Waals surface area contributed by atoms with Crippen LogP contribution in [0.4, 0.5) is 0 Å². The third-order valence-corrected chi connectivity index (χ3v) is 3.91. The Bertz CT molecular complexity index is 386. The standard InChI is InChI=1S/C16H26N2O/c1-13(2)7-8-15(18-11-9-17-10-12-18)14-5-3-4-6-16(14)19/h3-6,13,15,17,19H,7-12H2,1-2H3/t15-/m1/s1. The number of aromatic hydroxyl groups is 1. The van der Waals surface area contributed by atoms with Gasteiger partial charge in [0.1, 0.15) is 5.75 Å². The van der Waals surface area contributed by atoms with Gasteiger partial charge in [0.2, 0.25) is 0 Å². The van der Waals surface area contributed by atoms with E-state index in [4.69, 9.17) is 0 Å². The Morgan fingerprint density at radius 1 is 1.16 bits per heavy atom. The van der Waals surface area contributed by atoms with Crippen LogP contribution in [-0.2, 0) is 0 Å². The molecule has 1 fully saturated rings. The predicted octanol–water partition coefficient (Wildman–Crippen LogP) is 2.77. The van der Waals surface area contributed by atoms with Crippen LogP contribution < -0.4 is 5.32 Å². The fourth-order valence-electron chi connectivity index (χ4n) is 2.79. The van der Waals surface area contributed by atoms with Crippen LogP contribution in [0.3, 0.4) is 0 Å². The number of hydrogen-bond acceptors (Lipinski definition) is 3. The lowest BCUT2D eigenvalue weighted by atomic mass is 9.95. The molecule has 106 valence electrons. The highest BCUT2D eigenvalue weighted by molar-refractivity contribution is 5.34. The molecular weight excluding hydrogens is 236 g/mol. The summed E-state index contributed by atoms with van der Waals surface area (Å²) in [7, 11) is 0. The molecule has 3 nitrogen and oxygen atoms in total. The molecular formula is C16H26N2O. The van der Waals surface area contributed by atoms with E-state index in [0.717, 1.165) is 38.2 Å². The van der Waals surface area contributed by atoms with Crippen LogP contribution in [0, 0.1) is 5.92 Å². The molecule has 1 aromatic rings. The van der Waals surface area contributed by atoms with E-state index in [9.17, 15) is 5.11 Å². The molecule has 1 atom stereocenters. The lowest BCUT2D eigenvalue weighted by Gasteiger charge is -2.36. The van der Waals surface area contributed by atoms with Crippen molar-refractivity contribution in [2.24, 2.45) is 5.92 Å².